The summed E-state index contributed by atoms with van der Waals surface area (Å²) in [7, 11) is 1.55. The predicted molar refractivity (Wildman–Crippen MR) is 84.6 cm³/mol. The molecule has 0 aliphatic heterocycles. The Morgan fingerprint density at radius 1 is 1.18 bits per heavy atom. The Morgan fingerprint density at radius 3 is 2.77 bits per heavy atom. The molecule has 0 atom stereocenters. The number of aromatic amines is 1. The lowest BCUT2D eigenvalue weighted by Gasteiger charge is -2.06. The van der Waals surface area contributed by atoms with Crippen LogP contribution in [-0.2, 0) is 0 Å². The Hall–Kier alpha value is -3.08. The van der Waals surface area contributed by atoms with Crippen LogP contribution in [0.25, 0.3) is 32.8 Å². The van der Waals surface area contributed by atoms with E-state index in [2.05, 4.69) is 9.97 Å². The van der Waals surface area contributed by atoms with Crippen LogP contribution in [-0.4, -0.2) is 28.2 Å². The summed E-state index contributed by atoms with van der Waals surface area (Å²) in [5.41, 5.74) is 2.93. The van der Waals surface area contributed by atoms with E-state index >= 15 is 0 Å². The Bertz CT molecular complexity index is 1050. The minimum atomic E-state index is -0.989. The molecule has 0 bridgehead atoms. The zero-order valence-electron chi connectivity index (χ0n) is 11.8. The van der Waals surface area contributed by atoms with Gasteiger partial charge in [-0.25, -0.2) is 9.78 Å². The predicted octanol–water partition coefficient (Wildman–Crippen LogP) is 3.58. The summed E-state index contributed by atoms with van der Waals surface area (Å²) in [5, 5.41) is 11.2. The van der Waals surface area contributed by atoms with Crippen LogP contribution in [0.15, 0.2) is 42.5 Å². The van der Waals surface area contributed by atoms with Crippen molar-refractivity contribution in [1.82, 2.24) is 9.97 Å². The van der Waals surface area contributed by atoms with Gasteiger partial charge in [-0.15, -0.1) is 0 Å². The number of nitrogens with zero attached hydrogens (tertiary/aromatic N) is 1. The van der Waals surface area contributed by atoms with Gasteiger partial charge in [0, 0.05) is 16.3 Å². The van der Waals surface area contributed by atoms with E-state index in [1.807, 2.05) is 24.3 Å². The van der Waals surface area contributed by atoms with Crippen LogP contribution >= 0.6 is 0 Å². The van der Waals surface area contributed by atoms with E-state index < -0.39 is 5.97 Å². The highest BCUT2D eigenvalue weighted by molar-refractivity contribution is 6.18. The maximum atomic E-state index is 11.8. The second-order valence-electron chi connectivity index (χ2n) is 5.07. The lowest BCUT2D eigenvalue weighted by Crippen LogP contribution is -2.01. The fourth-order valence-electron chi connectivity index (χ4n) is 2.84. The van der Waals surface area contributed by atoms with Crippen LogP contribution in [0.1, 0.15) is 10.4 Å². The van der Waals surface area contributed by atoms with Gasteiger partial charge >= 0.3 is 5.97 Å². The number of aromatic carboxylic acids is 1. The number of rotatable bonds is 2. The fraction of sp³-hybridized carbons (Fsp3) is 0.0588. The zero-order valence-corrected chi connectivity index (χ0v) is 11.8. The van der Waals surface area contributed by atoms with Gasteiger partial charge in [-0.2, -0.15) is 0 Å². The Kier molecular flexibility index (Phi) is 2.56. The molecule has 4 rings (SSSR count). The van der Waals surface area contributed by atoms with Gasteiger partial charge in [0.25, 0.3) is 0 Å². The van der Waals surface area contributed by atoms with Crippen molar-refractivity contribution in [2.24, 2.45) is 0 Å². The van der Waals surface area contributed by atoms with Gasteiger partial charge in [0.1, 0.15) is 5.75 Å². The van der Waals surface area contributed by atoms with Crippen LogP contribution in [0, 0.1) is 0 Å². The number of pyridine rings is 1. The number of hydrogen-bond donors (Lipinski definition) is 2. The number of ether oxygens (including phenoxy) is 1. The third-order valence-corrected chi connectivity index (χ3v) is 3.85. The molecular formula is C17H12N2O3. The summed E-state index contributed by atoms with van der Waals surface area (Å²) < 4.78 is 5.20. The number of methoxy groups -OCH3 is 1. The zero-order chi connectivity index (χ0) is 15.3. The van der Waals surface area contributed by atoms with E-state index in [9.17, 15) is 9.90 Å². The third-order valence-electron chi connectivity index (χ3n) is 3.85. The minimum absolute atomic E-state index is 0.218. The number of hydrogen-bond acceptors (Lipinski definition) is 3. The Morgan fingerprint density at radius 2 is 2.00 bits per heavy atom. The Labute approximate surface area is 125 Å². The molecule has 0 spiro atoms. The SMILES string of the molecule is COc1ccc2nc3c([nH]c4ccccc43)c(C(=O)O)c2c1. The van der Waals surface area contributed by atoms with Crippen molar-refractivity contribution < 1.29 is 14.6 Å². The van der Waals surface area contributed by atoms with Crippen LogP contribution in [0.4, 0.5) is 0 Å². The van der Waals surface area contributed by atoms with Gasteiger partial charge in [0.05, 0.1) is 29.2 Å². The second-order valence-corrected chi connectivity index (χ2v) is 5.07. The van der Waals surface area contributed by atoms with E-state index in [1.165, 1.54) is 0 Å². The van der Waals surface area contributed by atoms with Crippen molar-refractivity contribution >= 4 is 38.8 Å². The van der Waals surface area contributed by atoms with Gasteiger partial charge in [0.2, 0.25) is 0 Å². The molecule has 2 heterocycles. The number of nitrogens with one attached hydrogen (secondary N) is 1. The van der Waals surface area contributed by atoms with Gasteiger partial charge < -0.3 is 14.8 Å². The molecule has 0 aliphatic carbocycles. The van der Waals surface area contributed by atoms with Crippen LogP contribution in [0.3, 0.4) is 0 Å². The van der Waals surface area contributed by atoms with E-state index in [1.54, 1.807) is 25.3 Å². The quantitative estimate of drug-likeness (QED) is 0.592. The number of fused-ring (bicyclic) bond motifs is 4. The summed E-state index contributed by atoms with van der Waals surface area (Å²) in [6.45, 7) is 0. The normalized spacial score (nSPS) is 11.3. The van der Waals surface area contributed by atoms with Crippen molar-refractivity contribution in [3.05, 3.63) is 48.0 Å². The van der Waals surface area contributed by atoms with Gasteiger partial charge in [0.15, 0.2) is 0 Å². The van der Waals surface area contributed by atoms with Crippen molar-refractivity contribution in [3.63, 3.8) is 0 Å². The average molecular weight is 292 g/mol. The maximum absolute atomic E-state index is 11.8. The number of carboxylic acid groups (broad SMARTS) is 1. The molecule has 2 aromatic heterocycles. The van der Waals surface area contributed by atoms with Gasteiger partial charge in [-0.3, -0.25) is 0 Å². The molecule has 5 heteroatoms. The lowest BCUT2D eigenvalue weighted by atomic mass is 10.1. The molecule has 2 aromatic carbocycles. The van der Waals surface area contributed by atoms with E-state index in [4.69, 9.17) is 4.74 Å². The van der Waals surface area contributed by atoms with Gasteiger partial charge in [-0.05, 0) is 24.3 Å². The monoisotopic (exact) mass is 292 g/mol. The van der Waals surface area contributed by atoms with E-state index in [0.29, 0.717) is 27.7 Å². The van der Waals surface area contributed by atoms with Gasteiger partial charge in [-0.1, -0.05) is 18.2 Å². The van der Waals surface area contributed by atoms with E-state index in [0.717, 1.165) is 10.9 Å². The molecule has 108 valence electrons. The largest absolute Gasteiger partial charge is 0.497 e. The molecule has 0 amide bonds. The molecule has 0 unspecified atom stereocenters. The highest BCUT2D eigenvalue weighted by atomic mass is 16.5. The standard InChI is InChI=1S/C17H12N2O3/c1-22-9-6-7-13-11(8-9)14(17(20)21)16-15(18-13)10-4-2-3-5-12(10)19-16/h2-8,19H,1H3,(H,20,21). The molecule has 22 heavy (non-hydrogen) atoms. The average Bonchev–Trinajstić information content (AvgIpc) is 2.89. The fourth-order valence-corrected chi connectivity index (χ4v) is 2.84. The minimum Gasteiger partial charge on any atom is -0.497 e. The summed E-state index contributed by atoms with van der Waals surface area (Å²) in [6.07, 6.45) is 0. The molecule has 5 nitrogen and oxygen atoms in total. The van der Waals surface area contributed by atoms with E-state index in [-0.39, 0.29) is 5.56 Å². The molecule has 0 saturated carbocycles. The third kappa shape index (κ3) is 1.65. The summed E-state index contributed by atoms with van der Waals surface area (Å²) in [6, 6.07) is 12.9. The smallest absolute Gasteiger partial charge is 0.338 e. The highest BCUT2D eigenvalue weighted by Gasteiger charge is 2.19. The molecule has 0 radical (unpaired) electrons. The lowest BCUT2D eigenvalue weighted by molar-refractivity contribution is 0.0701. The maximum Gasteiger partial charge on any atom is 0.338 e. The van der Waals surface area contributed by atoms with Crippen molar-refractivity contribution in [2.75, 3.05) is 7.11 Å². The number of H-pyrrole nitrogens is 1. The topological polar surface area (TPSA) is 75.2 Å². The number of benzene rings is 2. The first-order chi connectivity index (χ1) is 10.7. The molecule has 4 aromatic rings. The molecule has 2 N–H and O–H groups in total. The number of carbonyl (C=O) groups is 1. The molecule has 0 saturated heterocycles. The van der Waals surface area contributed by atoms with Crippen molar-refractivity contribution in [3.8, 4) is 5.75 Å². The highest BCUT2D eigenvalue weighted by Crippen LogP contribution is 2.32. The summed E-state index contributed by atoms with van der Waals surface area (Å²) >= 11 is 0. The Balaban J connectivity index is 2.26. The van der Waals surface area contributed by atoms with Crippen LogP contribution < -0.4 is 4.74 Å². The number of carboxylic acids is 1. The van der Waals surface area contributed by atoms with Crippen molar-refractivity contribution in [1.29, 1.82) is 0 Å². The van der Waals surface area contributed by atoms with Crippen LogP contribution in [0.5, 0.6) is 5.75 Å². The number of aromatic nitrogens is 2. The molecule has 0 fully saturated rings. The van der Waals surface area contributed by atoms with Crippen LogP contribution in [0.2, 0.25) is 0 Å². The first-order valence-corrected chi connectivity index (χ1v) is 6.80. The molecule has 0 aliphatic rings. The first kappa shape index (κ1) is 12.6. The number of para-hydroxylation sites is 1. The first-order valence-electron chi connectivity index (χ1n) is 6.80. The molecular weight excluding hydrogens is 280 g/mol. The summed E-state index contributed by atoms with van der Waals surface area (Å²) in [4.78, 5) is 19.6. The second kappa shape index (κ2) is 4.46. The van der Waals surface area contributed by atoms with Crippen molar-refractivity contribution in [2.45, 2.75) is 0 Å². The summed E-state index contributed by atoms with van der Waals surface area (Å²) in [5.74, 6) is -0.385.